The Kier molecular flexibility index (Phi) is 7.52. The SMILES string of the molecule is [2H]C([2H])([2H])OC(=O)[C@H](c1ccccc1Cl)N1CCc2sc(OC(=O)COC(=O)c3ccccc3OC(C)=O)cc2C1. The van der Waals surface area contributed by atoms with Crippen LogP contribution in [0.1, 0.15) is 43.4 Å². The first-order chi connectivity index (χ1) is 19.4. The summed E-state index contributed by atoms with van der Waals surface area (Å²) in [4.78, 5) is 51.8. The van der Waals surface area contributed by atoms with E-state index in [1.54, 1.807) is 47.4 Å². The highest BCUT2D eigenvalue weighted by atomic mass is 35.5. The van der Waals surface area contributed by atoms with Gasteiger partial charge in [-0.1, -0.05) is 41.9 Å². The van der Waals surface area contributed by atoms with Crippen molar-refractivity contribution in [2.75, 3.05) is 20.2 Å². The number of thiophene rings is 1. The van der Waals surface area contributed by atoms with Crippen LogP contribution in [-0.4, -0.2) is 49.0 Å². The number of carbonyl (C=O) groups is 4. The molecule has 0 fully saturated rings. The van der Waals surface area contributed by atoms with Crippen LogP contribution in [0.3, 0.4) is 0 Å². The van der Waals surface area contributed by atoms with Crippen LogP contribution < -0.4 is 9.47 Å². The van der Waals surface area contributed by atoms with Gasteiger partial charge in [-0.3, -0.25) is 9.69 Å². The highest BCUT2D eigenvalue weighted by Crippen LogP contribution is 2.37. The summed E-state index contributed by atoms with van der Waals surface area (Å²) in [6, 6.07) is 13.2. The summed E-state index contributed by atoms with van der Waals surface area (Å²) in [5, 5.41) is 0.549. The Morgan fingerprint density at radius 3 is 2.63 bits per heavy atom. The van der Waals surface area contributed by atoms with Gasteiger partial charge in [0.15, 0.2) is 11.7 Å². The van der Waals surface area contributed by atoms with Crippen LogP contribution in [0.5, 0.6) is 10.8 Å². The quantitative estimate of drug-likeness (QED) is 0.293. The summed E-state index contributed by atoms with van der Waals surface area (Å²) in [5.41, 5.74) is 1.16. The molecule has 11 heteroatoms. The lowest BCUT2D eigenvalue weighted by Gasteiger charge is -2.33. The van der Waals surface area contributed by atoms with Gasteiger partial charge < -0.3 is 18.9 Å². The van der Waals surface area contributed by atoms with Crippen LogP contribution >= 0.6 is 22.9 Å². The molecule has 38 heavy (non-hydrogen) atoms. The summed E-state index contributed by atoms with van der Waals surface area (Å²) >= 11 is 7.58. The molecule has 0 aliphatic carbocycles. The number of benzene rings is 2. The molecule has 0 spiro atoms. The number of ether oxygens (including phenoxy) is 4. The third-order valence-electron chi connectivity index (χ3n) is 5.66. The molecule has 0 saturated carbocycles. The number of para-hydroxylation sites is 1. The lowest BCUT2D eigenvalue weighted by atomic mass is 10.0. The summed E-state index contributed by atoms with van der Waals surface area (Å²) in [6.45, 7) is 1.13. The van der Waals surface area contributed by atoms with E-state index in [2.05, 4.69) is 0 Å². The highest BCUT2D eigenvalue weighted by molar-refractivity contribution is 7.14. The molecule has 1 aromatic heterocycles. The predicted molar refractivity (Wildman–Crippen MR) is 138 cm³/mol. The van der Waals surface area contributed by atoms with Crippen molar-refractivity contribution in [3.8, 4) is 10.8 Å². The monoisotopic (exact) mass is 560 g/mol. The van der Waals surface area contributed by atoms with Gasteiger partial charge >= 0.3 is 23.9 Å². The van der Waals surface area contributed by atoms with Crippen LogP contribution in [0, 0.1) is 0 Å². The van der Waals surface area contributed by atoms with Crippen molar-refractivity contribution in [3.63, 3.8) is 0 Å². The van der Waals surface area contributed by atoms with Crippen molar-refractivity contribution < 1.29 is 42.2 Å². The van der Waals surface area contributed by atoms with E-state index >= 15 is 0 Å². The van der Waals surface area contributed by atoms with E-state index < -0.39 is 43.6 Å². The lowest BCUT2D eigenvalue weighted by molar-refractivity contribution is -0.147. The molecule has 4 rings (SSSR count). The molecule has 1 atom stereocenters. The van der Waals surface area contributed by atoms with Gasteiger partial charge in [-0.2, -0.15) is 0 Å². The van der Waals surface area contributed by atoms with E-state index in [4.69, 9.17) is 34.7 Å². The number of halogens is 1. The van der Waals surface area contributed by atoms with Crippen molar-refractivity contribution in [2.24, 2.45) is 0 Å². The number of fused-ring (bicyclic) bond motifs is 1. The van der Waals surface area contributed by atoms with Crippen LogP contribution in [-0.2, 0) is 36.8 Å². The average molecular weight is 561 g/mol. The van der Waals surface area contributed by atoms with Crippen LogP contribution in [0.15, 0.2) is 54.6 Å². The maximum Gasteiger partial charge on any atom is 0.350 e. The van der Waals surface area contributed by atoms with Gasteiger partial charge in [-0.05, 0) is 41.8 Å². The number of esters is 4. The van der Waals surface area contributed by atoms with Gasteiger partial charge in [-0.25, -0.2) is 14.4 Å². The lowest BCUT2D eigenvalue weighted by Crippen LogP contribution is -2.38. The van der Waals surface area contributed by atoms with Gasteiger partial charge in [0.1, 0.15) is 17.4 Å². The molecule has 0 unspecified atom stereocenters. The molecule has 0 bridgehead atoms. The Morgan fingerprint density at radius 1 is 1.11 bits per heavy atom. The van der Waals surface area contributed by atoms with Gasteiger partial charge in [-0.15, -0.1) is 11.3 Å². The number of hydrogen-bond acceptors (Lipinski definition) is 10. The first-order valence-corrected chi connectivity index (χ1v) is 12.6. The van der Waals surface area contributed by atoms with E-state index in [9.17, 15) is 19.2 Å². The fourth-order valence-electron chi connectivity index (χ4n) is 4.05. The Hall–Kier alpha value is -3.73. The van der Waals surface area contributed by atoms with Gasteiger partial charge in [0.2, 0.25) is 0 Å². The first kappa shape index (κ1) is 23.4. The summed E-state index contributed by atoms with van der Waals surface area (Å²) in [7, 11) is -2.92. The standard InChI is InChI=1S/C27H24ClNO8S/c1-16(30)36-21-10-6-4-8-19(21)26(32)35-15-23(31)37-24-13-17-14-29(12-11-22(17)38-24)25(27(33)34-2)18-7-3-5-9-20(18)28/h3-10,13,25H,11-12,14-15H2,1-2H3/t25-/m0/s1/i2D3. The molecule has 3 aromatic rings. The molecule has 0 N–H and O–H groups in total. The minimum atomic E-state index is -2.92. The molecule has 1 aliphatic heterocycles. The first-order valence-electron chi connectivity index (χ1n) is 12.9. The van der Waals surface area contributed by atoms with E-state index in [0.717, 1.165) is 10.4 Å². The molecule has 0 saturated heterocycles. The molecular formula is C27H24ClNO8S. The Bertz CT molecular complexity index is 1470. The fourth-order valence-corrected chi connectivity index (χ4v) is 5.31. The molecule has 2 aromatic carbocycles. The minimum Gasteiger partial charge on any atom is -0.468 e. The largest absolute Gasteiger partial charge is 0.468 e. The maximum atomic E-state index is 13.0. The minimum absolute atomic E-state index is 0.00620. The van der Waals surface area contributed by atoms with Crippen LogP contribution in [0.25, 0.3) is 0 Å². The van der Waals surface area contributed by atoms with Crippen molar-refractivity contribution in [3.05, 3.63) is 81.2 Å². The van der Waals surface area contributed by atoms with Gasteiger partial charge in [0.25, 0.3) is 0 Å². The number of methoxy groups -OCH3 is 1. The van der Waals surface area contributed by atoms with Crippen LogP contribution in [0.2, 0.25) is 5.02 Å². The Morgan fingerprint density at radius 2 is 1.87 bits per heavy atom. The van der Waals surface area contributed by atoms with Crippen molar-refractivity contribution in [2.45, 2.75) is 25.9 Å². The molecule has 0 amide bonds. The van der Waals surface area contributed by atoms with Gasteiger partial charge in [0, 0.05) is 29.9 Å². The smallest absolute Gasteiger partial charge is 0.350 e. The number of hydrogen-bond donors (Lipinski definition) is 0. The second kappa shape index (κ2) is 12.2. The average Bonchev–Trinajstić information content (AvgIpc) is 3.29. The maximum absolute atomic E-state index is 13.0. The normalized spacial score (nSPS) is 15.2. The summed E-state index contributed by atoms with van der Waals surface area (Å²) in [6.07, 6.45) is 0.488. The van der Waals surface area contributed by atoms with E-state index in [1.807, 2.05) is 0 Å². The Balaban J connectivity index is 1.42. The highest BCUT2D eigenvalue weighted by Gasteiger charge is 2.33. The van der Waals surface area contributed by atoms with Gasteiger partial charge in [0.05, 0.1) is 11.2 Å². The summed E-state index contributed by atoms with van der Waals surface area (Å²) in [5.74, 6) is -3.26. The second-order valence-corrected chi connectivity index (χ2v) is 9.73. The van der Waals surface area contributed by atoms with Crippen molar-refractivity contribution in [1.82, 2.24) is 4.90 Å². The summed E-state index contributed by atoms with van der Waals surface area (Å²) < 4.78 is 42.2. The Labute approximate surface area is 232 Å². The zero-order chi connectivity index (χ0) is 29.7. The van der Waals surface area contributed by atoms with E-state index in [0.29, 0.717) is 18.5 Å². The molecule has 0 radical (unpaired) electrons. The van der Waals surface area contributed by atoms with Crippen molar-refractivity contribution >= 4 is 46.8 Å². The van der Waals surface area contributed by atoms with E-state index in [-0.39, 0.29) is 27.9 Å². The molecule has 198 valence electrons. The molecular weight excluding hydrogens is 534 g/mol. The fraction of sp³-hybridized carbons (Fsp3) is 0.259. The molecule has 2 heterocycles. The number of nitrogens with zero attached hydrogens (tertiary/aromatic N) is 1. The molecule has 9 nitrogen and oxygen atoms in total. The third-order valence-corrected chi connectivity index (χ3v) is 7.12. The second-order valence-electron chi connectivity index (χ2n) is 8.22. The zero-order valence-electron chi connectivity index (χ0n) is 23.1. The zero-order valence-corrected chi connectivity index (χ0v) is 21.7. The van der Waals surface area contributed by atoms with E-state index in [1.165, 1.54) is 30.4 Å². The van der Waals surface area contributed by atoms with Crippen molar-refractivity contribution in [1.29, 1.82) is 0 Å². The predicted octanol–water partition coefficient (Wildman–Crippen LogP) is 4.36. The number of carbonyl (C=O) groups excluding carboxylic acids is 4. The molecule has 1 aliphatic rings. The third kappa shape index (κ3) is 6.39. The van der Waals surface area contributed by atoms with Crippen LogP contribution in [0.4, 0.5) is 0 Å². The number of rotatable bonds is 8. The topological polar surface area (TPSA) is 108 Å².